The van der Waals surface area contributed by atoms with Crippen LogP contribution in [0.3, 0.4) is 0 Å². The highest BCUT2D eigenvalue weighted by Crippen LogP contribution is 2.36. The number of methoxy groups -OCH3 is 1. The fraction of sp³-hybridized carbons (Fsp3) is 0.579. The molecule has 136 valence electrons. The van der Waals surface area contributed by atoms with Gasteiger partial charge in [0.2, 0.25) is 5.91 Å². The Morgan fingerprint density at radius 2 is 1.76 bits per heavy atom. The fourth-order valence-electron chi connectivity index (χ4n) is 4.15. The fourth-order valence-corrected chi connectivity index (χ4v) is 4.15. The standard InChI is InChI=1S/C19H27N3O3/c1-21-9-7-13(8-10-21)16-11-22(12-17(16)18(20)23)19(24)14-3-5-15(25-2)6-4-14/h3-6,13,16-17H,7-12H2,1-2H3,(H2,20,23). The van der Waals surface area contributed by atoms with E-state index < -0.39 is 0 Å². The van der Waals surface area contributed by atoms with Gasteiger partial charge in [-0.3, -0.25) is 9.59 Å². The molecule has 2 fully saturated rings. The average molecular weight is 345 g/mol. The molecule has 25 heavy (non-hydrogen) atoms. The summed E-state index contributed by atoms with van der Waals surface area (Å²) < 4.78 is 5.14. The number of amides is 2. The molecule has 2 unspecified atom stereocenters. The molecule has 0 spiro atoms. The summed E-state index contributed by atoms with van der Waals surface area (Å²) in [5.41, 5.74) is 6.28. The molecule has 0 bridgehead atoms. The Hall–Kier alpha value is -2.08. The van der Waals surface area contributed by atoms with Crippen molar-refractivity contribution in [1.29, 1.82) is 0 Å². The van der Waals surface area contributed by atoms with Crippen LogP contribution in [-0.4, -0.2) is 62.0 Å². The van der Waals surface area contributed by atoms with E-state index in [1.165, 1.54) is 0 Å². The van der Waals surface area contributed by atoms with E-state index in [1.54, 1.807) is 36.3 Å². The van der Waals surface area contributed by atoms with Crippen molar-refractivity contribution in [3.8, 4) is 5.75 Å². The molecule has 2 amide bonds. The molecule has 0 aromatic heterocycles. The third kappa shape index (κ3) is 3.79. The molecule has 6 nitrogen and oxygen atoms in total. The van der Waals surface area contributed by atoms with Gasteiger partial charge in [-0.15, -0.1) is 0 Å². The van der Waals surface area contributed by atoms with Gasteiger partial charge in [0.05, 0.1) is 13.0 Å². The van der Waals surface area contributed by atoms with Crippen molar-refractivity contribution in [2.24, 2.45) is 23.5 Å². The maximum atomic E-state index is 12.8. The zero-order valence-electron chi connectivity index (χ0n) is 15.0. The van der Waals surface area contributed by atoms with Crippen LogP contribution in [0.1, 0.15) is 23.2 Å². The minimum absolute atomic E-state index is 0.0377. The summed E-state index contributed by atoms with van der Waals surface area (Å²) in [7, 11) is 3.72. The number of nitrogens with zero attached hydrogens (tertiary/aromatic N) is 2. The summed E-state index contributed by atoms with van der Waals surface area (Å²) in [5, 5.41) is 0. The van der Waals surface area contributed by atoms with Crippen LogP contribution in [0.15, 0.2) is 24.3 Å². The van der Waals surface area contributed by atoms with Gasteiger partial charge in [0.25, 0.3) is 5.91 Å². The number of nitrogens with two attached hydrogens (primary N) is 1. The monoisotopic (exact) mass is 345 g/mol. The first-order valence-corrected chi connectivity index (χ1v) is 8.90. The molecule has 2 saturated heterocycles. The van der Waals surface area contributed by atoms with E-state index in [-0.39, 0.29) is 23.7 Å². The molecule has 2 N–H and O–H groups in total. The maximum absolute atomic E-state index is 12.8. The Kier molecular flexibility index (Phi) is 5.27. The summed E-state index contributed by atoms with van der Waals surface area (Å²) >= 11 is 0. The van der Waals surface area contributed by atoms with Crippen LogP contribution >= 0.6 is 0 Å². The summed E-state index contributed by atoms with van der Waals surface area (Å²) in [6, 6.07) is 7.10. The molecule has 2 atom stereocenters. The Morgan fingerprint density at radius 3 is 2.32 bits per heavy atom. The van der Waals surface area contributed by atoms with Crippen molar-refractivity contribution in [3.63, 3.8) is 0 Å². The van der Waals surface area contributed by atoms with E-state index in [0.717, 1.165) is 31.7 Å². The van der Waals surface area contributed by atoms with Gasteiger partial charge in [-0.25, -0.2) is 0 Å². The molecule has 2 heterocycles. The van der Waals surface area contributed by atoms with Crippen molar-refractivity contribution in [2.75, 3.05) is 40.3 Å². The van der Waals surface area contributed by atoms with Crippen LogP contribution in [0.25, 0.3) is 0 Å². The molecule has 6 heteroatoms. The van der Waals surface area contributed by atoms with Gasteiger partial charge in [0.1, 0.15) is 5.75 Å². The van der Waals surface area contributed by atoms with Gasteiger partial charge in [-0.2, -0.15) is 0 Å². The van der Waals surface area contributed by atoms with E-state index in [1.807, 2.05) is 0 Å². The van der Waals surface area contributed by atoms with Crippen LogP contribution in [0.5, 0.6) is 5.75 Å². The van der Waals surface area contributed by atoms with E-state index >= 15 is 0 Å². The molecule has 1 aromatic rings. The molecule has 0 radical (unpaired) electrons. The van der Waals surface area contributed by atoms with Crippen molar-refractivity contribution >= 4 is 11.8 Å². The van der Waals surface area contributed by atoms with Gasteiger partial charge in [-0.1, -0.05) is 0 Å². The van der Waals surface area contributed by atoms with Crippen LogP contribution in [0.2, 0.25) is 0 Å². The van der Waals surface area contributed by atoms with Crippen LogP contribution in [-0.2, 0) is 4.79 Å². The predicted octanol–water partition coefficient (Wildman–Crippen LogP) is 1.21. The Balaban J connectivity index is 1.72. The first kappa shape index (κ1) is 17.7. The van der Waals surface area contributed by atoms with Crippen molar-refractivity contribution < 1.29 is 14.3 Å². The van der Waals surface area contributed by atoms with Crippen molar-refractivity contribution in [2.45, 2.75) is 12.8 Å². The number of carbonyl (C=O) groups is 2. The molecular formula is C19H27N3O3. The van der Waals surface area contributed by atoms with Crippen molar-refractivity contribution in [3.05, 3.63) is 29.8 Å². The summed E-state index contributed by atoms with van der Waals surface area (Å²) in [6.07, 6.45) is 2.13. The molecule has 1 aromatic carbocycles. The molecule has 2 aliphatic rings. The second kappa shape index (κ2) is 7.44. The maximum Gasteiger partial charge on any atom is 0.253 e. The predicted molar refractivity (Wildman–Crippen MR) is 95.3 cm³/mol. The highest BCUT2D eigenvalue weighted by molar-refractivity contribution is 5.95. The smallest absolute Gasteiger partial charge is 0.253 e. The largest absolute Gasteiger partial charge is 0.497 e. The van der Waals surface area contributed by atoms with Crippen LogP contribution in [0, 0.1) is 17.8 Å². The number of ether oxygens (including phenoxy) is 1. The summed E-state index contributed by atoms with van der Waals surface area (Å²) in [6.45, 7) is 3.13. The number of rotatable bonds is 4. The lowest BCUT2D eigenvalue weighted by Crippen LogP contribution is -2.38. The second-order valence-electron chi connectivity index (χ2n) is 7.25. The molecule has 0 saturated carbocycles. The normalized spacial score (nSPS) is 25.1. The van der Waals surface area contributed by atoms with E-state index in [4.69, 9.17) is 10.5 Å². The number of likely N-dealkylation sites (tertiary alicyclic amines) is 2. The third-order valence-corrected chi connectivity index (χ3v) is 5.72. The lowest BCUT2D eigenvalue weighted by Gasteiger charge is -2.34. The van der Waals surface area contributed by atoms with Gasteiger partial charge < -0.3 is 20.3 Å². The minimum Gasteiger partial charge on any atom is -0.497 e. The number of carbonyl (C=O) groups excluding carboxylic acids is 2. The quantitative estimate of drug-likeness (QED) is 0.890. The lowest BCUT2D eigenvalue weighted by molar-refractivity contribution is -0.123. The van der Waals surface area contributed by atoms with Crippen molar-refractivity contribution in [1.82, 2.24) is 9.80 Å². The Labute approximate surface area is 148 Å². The highest BCUT2D eigenvalue weighted by atomic mass is 16.5. The molecule has 2 aliphatic heterocycles. The number of primary amides is 1. The minimum atomic E-state index is -0.283. The third-order valence-electron chi connectivity index (χ3n) is 5.72. The van der Waals surface area contributed by atoms with Gasteiger partial charge in [0.15, 0.2) is 0 Å². The van der Waals surface area contributed by atoms with E-state index in [2.05, 4.69) is 11.9 Å². The molecule has 3 rings (SSSR count). The number of hydrogen-bond acceptors (Lipinski definition) is 4. The molecule has 0 aliphatic carbocycles. The SMILES string of the molecule is COc1ccc(C(=O)N2CC(C(N)=O)C(C3CCN(C)CC3)C2)cc1. The van der Waals surface area contributed by atoms with Gasteiger partial charge in [-0.05, 0) is 69.1 Å². The topological polar surface area (TPSA) is 75.9 Å². The summed E-state index contributed by atoms with van der Waals surface area (Å²) in [5.74, 6) is 0.793. The second-order valence-corrected chi connectivity index (χ2v) is 7.25. The number of benzene rings is 1. The first-order valence-electron chi connectivity index (χ1n) is 8.90. The summed E-state index contributed by atoms with van der Waals surface area (Å²) in [4.78, 5) is 28.9. The lowest BCUT2D eigenvalue weighted by atomic mass is 9.78. The van der Waals surface area contributed by atoms with Crippen LogP contribution < -0.4 is 10.5 Å². The first-order chi connectivity index (χ1) is 12.0. The Bertz CT molecular complexity index is 623. The molecular weight excluding hydrogens is 318 g/mol. The van der Waals surface area contributed by atoms with Gasteiger partial charge in [0, 0.05) is 18.7 Å². The van der Waals surface area contributed by atoms with Gasteiger partial charge >= 0.3 is 0 Å². The zero-order chi connectivity index (χ0) is 18.0. The van der Waals surface area contributed by atoms with E-state index in [0.29, 0.717) is 24.6 Å². The highest BCUT2D eigenvalue weighted by Gasteiger charge is 2.43. The number of hydrogen-bond donors (Lipinski definition) is 1. The average Bonchev–Trinajstić information content (AvgIpc) is 3.07. The zero-order valence-corrected chi connectivity index (χ0v) is 15.0. The van der Waals surface area contributed by atoms with E-state index in [9.17, 15) is 9.59 Å². The Morgan fingerprint density at radius 1 is 1.12 bits per heavy atom. The number of piperidine rings is 1. The van der Waals surface area contributed by atoms with Crippen LogP contribution in [0.4, 0.5) is 0 Å².